The Morgan fingerprint density at radius 1 is 1.10 bits per heavy atom. The number of benzene rings is 2. The Balaban J connectivity index is 2.02. The third-order valence-electron chi connectivity index (χ3n) is 2.89. The maximum atomic E-state index is 13.5. The summed E-state index contributed by atoms with van der Waals surface area (Å²) in [6.07, 6.45) is 0. The van der Waals surface area contributed by atoms with E-state index in [1.165, 1.54) is 19.2 Å². The van der Waals surface area contributed by atoms with E-state index in [1.807, 2.05) is 6.07 Å². The van der Waals surface area contributed by atoms with Gasteiger partial charge in [0.2, 0.25) is 0 Å². The van der Waals surface area contributed by atoms with Gasteiger partial charge in [-0.3, -0.25) is 0 Å². The minimum atomic E-state index is -0.603. The number of carbonyl (C=O) groups is 1. The van der Waals surface area contributed by atoms with Gasteiger partial charge in [0.1, 0.15) is 12.4 Å². The molecular formula is C16H15FO4. The zero-order chi connectivity index (χ0) is 15.2. The van der Waals surface area contributed by atoms with E-state index >= 15 is 0 Å². The molecule has 2 rings (SSSR count). The van der Waals surface area contributed by atoms with Gasteiger partial charge in [0.15, 0.2) is 11.6 Å². The molecule has 2 aromatic rings. The molecule has 0 spiro atoms. The molecule has 0 bridgehead atoms. The SMILES string of the molecule is COc1cccc(COC(=O)c2ccc(OC)c(F)c2)c1. The van der Waals surface area contributed by atoms with E-state index in [4.69, 9.17) is 14.2 Å². The molecule has 21 heavy (non-hydrogen) atoms. The molecule has 0 unspecified atom stereocenters. The van der Waals surface area contributed by atoms with Gasteiger partial charge in [0, 0.05) is 0 Å². The lowest BCUT2D eigenvalue weighted by Crippen LogP contribution is -2.06. The summed E-state index contributed by atoms with van der Waals surface area (Å²) in [6, 6.07) is 11.1. The molecule has 0 aromatic heterocycles. The highest BCUT2D eigenvalue weighted by Gasteiger charge is 2.11. The van der Waals surface area contributed by atoms with Gasteiger partial charge < -0.3 is 14.2 Å². The summed E-state index contributed by atoms with van der Waals surface area (Å²) in [6.45, 7) is 0.0870. The first-order valence-corrected chi connectivity index (χ1v) is 6.27. The molecule has 0 aliphatic rings. The summed E-state index contributed by atoms with van der Waals surface area (Å²) in [5.74, 6) is -0.439. The molecule has 4 nitrogen and oxygen atoms in total. The van der Waals surface area contributed by atoms with Crippen LogP contribution in [0.15, 0.2) is 42.5 Å². The van der Waals surface area contributed by atoms with Crippen LogP contribution in [0.25, 0.3) is 0 Å². The predicted octanol–water partition coefficient (Wildman–Crippen LogP) is 3.20. The largest absolute Gasteiger partial charge is 0.497 e. The number of carbonyl (C=O) groups excluding carboxylic acids is 1. The zero-order valence-corrected chi connectivity index (χ0v) is 11.8. The van der Waals surface area contributed by atoms with Crippen molar-refractivity contribution in [1.29, 1.82) is 0 Å². The van der Waals surface area contributed by atoms with Crippen molar-refractivity contribution >= 4 is 5.97 Å². The third-order valence-corrected chi connectivity index (χ3v) is 2.89. The van der Waals surface area contributed by atoms with Crippen LogP contribution in [0.3, 0.4) is 0 Å². The lowest BCUT2D eigenvalue weighted by atomic mass is 10.2. The van der Waals surface area contributed by atoms with Crippen LogP contribution in [0.4, 0.5) is 4.39 Å². The van der Waals surface area contributed by atoms with E-state index in [0.29, 0.717) is 5.75 Å². The number of methoxy groups -OCH3 is 2. The topological polar surface area (TPSA) is 44.8 Å². The molecule has 0 radical (unpaired) electrons. The zero-order valence-electron chi connectivity index (χ0n) is 11.8. The predicted molar refractivity (Wildman–Crippen MR) is 75.1 cm³/mol. The minimum Gasteiger partial charge on any atom is -0.497 e. The lowest BCUT2D eigenvalue weighted by Gasteiger charge is -2.07. The maximum absolute atomic E-state index is 13.5. The summed E-state index contributed by atoms with van der Waals surface area (Å²) in [4.78, 5) is 11.9. The smallest absolute Gasteiger partial charge is 0.338 e. The van der Waals surface area contributed by atoms with E-state index in [9.17, 15) is 9.18 Å². The van der Waals surface area contributed by atoms with Gasteiger partial charge in [-0.25, -0.2) is 9.18 Å². The first-order valence-electron chi connectivity index (χ1n) is 6.27. The Hall–Kier alpha value is -2.56. The van der Waals surface area contributed by atoms with Gasteiger partial charge in [-0.15, -0.1) is 0 Å². The molecule has 0 saturated carbocycles. The second-order valence-electron chi connectivity index (χ2n) is 4.28. The van der Waals surface area contributed by atoms with E-state index in [-0.39, 0.29) is 17.9 Å². The molecule has 2 aromatic carbocycles. The average molecular weight is 290 g/mol. The quantitative estimate of drug-likeness (QED) is 0.793. The van der Waals surface area contributed by atoms with Crippen LogP contribution in [-0.2, 0) is 11.3 Å². The van der Waals surface area contributed by atoms with Gasteiger partial charge in [0.25, 0.3) is 0 Å². The monoisotopic (exact) mass is 290 g/mol. The van der Waals surface area contributed by atoms with Crippen LogP contribution in [0, 0.1) is 5.82 Å². The molecular weight excluding hydrogens is 275 g/mol. The fraction of sp³-hybridized carbons (Fsp3) is 0.188. The Kier molecular flexibility index (Phi) is 4.77. The van der Waals surface area contributed by atoms with Crippen LogP contribution < -0.4 is 9.47 Å². The highest BCUT2D eigenvalue weighted by Crippen LogP contribution is 2.19. The molecule has 5 heteroatoms. The highest BCUT2D eigenvalue weighted by molar-refractivity contribution is 5.89. The van der Waals surface area contributed by atoms with Gasteiger partial charge in [-0.1, -0.05) is 12.1 Å². The molecule has 0 saturated heterocycles. The number of halogens is 1. The van der Waals surface area contributed by atoms with Crippen LogP contribution in [0.5, 0.6) is 11.5 Å². The maximum Gasteiger partial charge on any atom is 0.338 e. The Morgan fingerprint density at radius 2 is 1.90 bits per heavy atom. The van der Waals surface area contributed by atoms with Gasteiger partial charge in [-0.2, -0.15) is 0 Å². The molecule has 110 valence electrons. The molecule has 0 atom stereocenters. The Bertz CT molecular complexity index is 640. The molecule has 0 heterocycles. The van der Waals surface area contributed by atoms with E-state index in [1.54, 1.807) is 25.3 Å². The molecule has 0 aliphatic carbocycles. The number of rotatable bonds is 5. The average Bonchev–Trinajstić information content (AvgIpc) is 2.52. The number of hydrogen-bond acceptors (Lipinski definition) is 4. The van der Waals surface area contributed by atoms with Crippen LogP contribution >= 0.6 is 0 Å². The van der Waals surface area contributed by atoms with Crippen molar-refractivity contribution in [3.05, 3.63) is 59.4 Å². The highest BCUT2D eigenvalue weighted by atomic mass is 19.1. The van der Waals surface area contributed by atoms with Crippen molar-refractivity contribution in [3.63, 3.8) is 0 Å². The summed E-state index contributed by atoms with van der Waals surface area (Å²) in [5, 5.41) is 0. The van der Waals surface area contributed by atoms with Crippen molar-refractivity contribution in [3.8, 4) is 11.5 Å². The standard InChI is InChI=1S/C16H15FO4/c1-19-13-5-3-4-11(8-13)10-21-16(18)12-6-7-15(20-2)14(17)9-12/h3-9H,10H2,1-2H3. The molecule has 0 fully saturated rings. The van der Waals surface area contributed by atoms with Gasteiger partial charge in [-0.05, 0) is 35.9 Å². The Morgan fingerprint density at radius 3 is 2.57 bits per heavy atom. The van der Waals surface area contributed by atoms with Crippen molar-refractivity contribution in [2.75, 3.05) is 14.2 Å². The Labute approximate surface area is 122 Å². The second kappa shape index (κ2) is 6.74. The van der Waals surface area contributed by atoms with Crippen molar-refractivity contribution in [2.45, 2.75) is 6.61 Å². The van der Waals surface area contributed by atoms with Crippen molar-refractivity contribution in [2.24, 2.45) is 0 Å². The van der Waals surface area contributed by atoms with E-state index < -0.39 is 11.8 Å². The number of ether oxygens (including phenoxy) is 3. The van der Waals surface area contributed by atoms with E-state index in [0.717, 1.165) is 11.6 Å². The number of hydrogen-bond donors (Lipinski definition) is 0. The first-order chi connectivity index (χ1) is 10.1. The molecule has 0 N–H and O–H groups in total. The van der Waals surface area contributed by atoms with E-state index in [2.05, 4.69) is 0 Å². The minimum absolute atomic E-state index is 0.0827. The lowest BCUT2D eigenvalue weighted by molar-refractivity contribution is 0.0472. The summed E-state index contributed by atoms with van der Waals surface area (Å²) in [5.41, 5.74) is 0.924. The van der Waals surface area contributed by atoms with Crippen LogP contribution in [0.2, 0.25) is 0 Å². The van der Waals surface area contributed by atoms with Crippen LogP contribution in [-0.4, -0.2) is 20.2 Å². The van der Waals surface area contributed by atoms with Gasteiger partial charge >= 0.3 is 5.97 Å². The number of esters is 1. The third kappa shape index (κ3) is 3.72. The fourth-order valence-corrected chi connectivity index (χ4v) is 1.79. The second-order valence-corrected chi connectivity index (χ2v) is 4.28. The summed E-state index contributed by atoms with van der Waals surface area (Å²) < 4.78 is 28.5. The van der Waals surface area contributed by atoms with Gasteiger partial charge in [0.05, 0.1) is 19.8 Å². The summed E-state index contributed by atoms with van der Waals surface area (Å²) >= 11 is 0. The van der Waals surface area contributed by atoms with Crippen molar-refractivity contribution in [1.82, 2.24) is 0 Å². The molecule has 0 amide bonds. The molecule has 0 aliphatic heterocycles. The van der Waals surface area contributed by atoms with Crippen LogP contribution in [0.1, 0.15) is 15.9 Å². The fourth-order valence-electron chi connectivity index (χ4n) is 1.79. The summed E-state index contributed by atoms with van der Waals surface area (Å²) in [7, 11) is 2.92. The normalized spacial score (nSPS) is 10.0. The first kappa shape index (κ1) is 14.8. The van der Waals surface area contributed by atoms with Crippen molar-refractivity contribution < 1.29 is 23.4 Å².